The van der Waals surface area contributed by atoms with E-state index in [0.29, 0.717) is 13.2 Å². The SMILES string of the molecule is C=C(C)C.CC(COC(C)(C)C)OC(C)(C)C.CC(O)CO.CC(O)COC(C)(C)C. The highest BCUT2D eigenvalue weighted by atomic mass is 16.6. The van der Waals surface area contributed by atoms with Crippen molar-refractivity contribution in [3.63, 3.8) is 0 Å². The third-order valence-electron chi connectivity index (χ3n) is 2.33. The molecule has 6 nitrogen and oxygen atoms in total. The molecule has 6 heteroatoms. The molecule has 3 unspecified atom stereocenters. The molecule has 3 atom stereocenters. The normalized spacial score (nSPS) is 14.5. The molecule has 0 radical (unpaired) electrons. The van der Waals surface area contributed by atoms with Crippen LogP contribution in [0.15, 0.2) is 12.2 Å². The second-order valence-electron chi connectivity index (χ2n) is 11.0. The summed E-state index contributed by atoms with van der Waals surface area (Å²) in [5.41, 5.74) is 0.882. The number of allylic oxidation sites excluding steroid dienone is 1. The minimum atomic E-state index is -0.560. The van der Waals surface area contributed by atoms with Gasteiger partial charge in [0.15, 0.2) is 0 Å². The average Bonchev–Trinajstić information content (AvgIpc) is 2.49. The molecular weight excluding hydrogens is 396 g/mol. The van der Waals surface area contributed by atoms with Crippen LogP contribution >= 0.6 is 0 Å². The summed E-state index contributed by atoms with van der Waals surface area (Å²) in [6.45, 7) is 31.9. The van der Waals surface area contributed by atoms with Crippen molar-refractivity contribution in [2.75, 3.05) is 19.8 Å². The molecule has 0 heterocycles. The number of hydrogen-bond donors (Lipinski definition) is 3. The van der Waals surface area contributed by atoms with E-state index in [4.69, 9.17) is 29.5 Å². The van der Waals surface area contributed by atoms with Gasteiger partial charge in [0.05, 0.1) is 54.9 Å². The van der Waals surface area contributed by atoms with Gasteiger partial charge in [-0.15, -0.1) is 6.58 Å². The smallest absolute Gasteiger partial charge is 0.0787 e. The Morgan fingerprint density at radius 3 is 1.16 bits per heavy atom. The van der Waals surface area contributed by atoms with E-state index in [2.05, 4.69) is 48.1 Å². The predicted molar refractivity (Wildman–Crippen MR) is 133 cm³/mol. The molecule has 0 bridgehead atoms. The molecule has 0 aromatic rings. The van der Waals surface area contributed by atoms with Gasteiger partial charge in [0, 0.05) is 0 Å². The zero-order chi connectivity index (χ0) is 26.1. The highest BCUT2D eigenvalue weighted by molar-refractivity contribution is 4.78. The van der Waals surface area contributed by atoms with E-state index in [1.165, 1.54) is 12.5 Å². The van der Waals surface area contributed by atoms with E-state index in [0.717, 1.165) is 0 Å². The van der Waals surface area contributed by atoms with Crippen molar-refractivity contribution < 1.29 is 29.5 Å². The monoisotopic (exact) mass is 452 g/mol. The number of aliphatic hydroxyl groups excluding tert-OH is 3. The molecule has 3 N–H and O–H groups in total. The van der Waals surface area contributed by atoms with Crippen LogP contribution in [0.25, 0.3) is 0 Å². The van der Waals surface area contributed by atoms with E-state index in [-0.39, 0.29) is 35.6 Å². The second-order valence-corrected chi connectivity index (χ2v) is 11.0. The summed E-state index contributed by atoms with van der Waals surface area (Å²) in [6, 6.07) is 0. The second kappa shape index (κ2) is 19.0. The van der Waals surface area contributed by atoms with Crippen LogP contribution in [0.4, 0.5) is 0 Å². The third-order valence-corrected chi connectivity index (χ3v) is 2.33. The van der Waals surface area contributed by atoms with Crippen LogP contribution in [0, 0.1) is 0 Å². The van der Waals surface area contributed by atoms with Gasteiger partial charge in [-0.25, -0.2) is 0 Å². The van der Waals surface area contributed by atoms with Crippen molar-refractivity contribution in [1.82, 2.24) is 0 Å². The third kappa shape index (κ3) is 65.2. The Morgan fingerprint density at radius 2 is 1.00 bits per heavy atom. The fourth-order valence-corrected chi connectivity index (χ4v) is 1.38. The van der Waals surface area contributed by atoms with Crippen LogP contribution in [-0.2, 0) is 14.2 Å². The maximum Gasteiger partial charge on any atom is 0.0787 e. The number of ether oxygens (including phenoxy) is 3. The molecule has 0 saturated heterocycles. The average molecular weight is 453 g/mol. The molecule has 0 aromatic carbocycles. The number of aliphatic hydroxyl groups is 3. The highest BCUT2D eigenvalue weighted by Crippen LogP contribution is 2.13. The first-order valence-electron chi connectivity index (χ1n) is 11.1. The van der Waals surface area contributed by atoms with Gasteiger partial charge in [-0.2, -0.15) is 0 Å². The summed E-state index contributed by atoms with van der Waals surface area (Å²) in [4.78, 5) is 0. The van der Waals surface area contributed by atoms with Crippen molar-refractivity contribution in [1.29, 1.82) is 0 Å². The van der Waals surface area contributed by atoms with Gasteiger partial charge < -0.3 is 29.5 Å². The van der Waals surface area contributed by atoms with E-state index in [9.17, 15) is 0 Å². The van der Waals surface area contributed by atoms with E-state index in [1.54, 1.807) is 6.92 Å². The van der Waals surface area contributed by atoms with Crippen LogP contribution in [0.5, 0.6) is 0 Å². The van der Waals surface area contributed by atoms with Crippen molar-refractivity contribution in [2.45, 2.75) is 132 Å². The molecule has 0 aromatic heterocycles. The molecule has 192 valence electrons. The molecule has 0 rings (SSSR count). The lowest BCUT2D eigenvalue weighted by molar-refractivity contribution is -0.112. The first kappa shape index (κ1) is 37.8. The fourth-order valence-electron chi connectivity index (χ4n) is 1.38. The zero-order valence-electron chi connectivity index (χ0n) is 23.1. The van der Waals surface area contributed by atoms with Crippen molar-refractivity contribution in [2.24, 2.45) is 0 Å². The summed E-state index contributed by atoms with van der Waals surface area (Å²) < 4.78 is 16.6. The van der Waals surface area contributed by atoms with Gasteiger partial charge >= 0.3 is 0 Å². The summed E-state index contributed by atoms with van der Waals surface area (Å²) >= 11 is 0. The molecule has 0 fully saturated rings. The maximum atomic E-state index is 8.79. The van der Waals surface area contributed by atoms with Gasteiger partial charge in [-0.05, 0) is 96.9 Å². The molecule has 0 aliphatic rings. The Hall–Kier alpha value is -0.500. The van der Waals surface area contributed by atoms with Gasteiger partial charge in [0.2, 0.25) is 0 Å². The highest BCUT2D eigenvalue weighted by Gasteiger charge is 2.18. The van der Waals surface area contributed by atoms with Gasteiger partial charge in [-0.1, -0.05) is 5.57 Å². The largest absolute Gasteiger partial charge is 0.394 e. The predicted octanol–water partition coefficient (Wildman–Crippen LogP) is 5.13. The molecule has 31 heavy (non-hydrogen) atoms. The molecule has 0 aliphatic heterocycles. The topological polar surface area (TPSA) is 88.4 Å². The van der Waals surface area contributed by atoms with Crippen LogP contribution in [-0.4, -0.2) is 70.3 Å². The summed E-state index contributed by atoms with van der Waals surface area (Å²) in [5, 5.41) is 24.8. The Balaban J connectivity index is -0.000000175. The maximum absolute atomic E-state index is 8.79. The van der Waals surface area contributed by atoms with Crippen LogP contribution in [0.3, 0.4) is 0 Å². The Bertz CT molecular complexity index is 394. The molecule has 0 aliphatic carbocycles. The number of hydrogen-bond acceptors (Lipinski definition) is 6. The zero-order valence-corrected chi connectivity index (χ0v) is 23.1. The molecular formula is C25H56O6. The van der Waals surface area contributed by atoms with Crippen LogP contribution < -0.4 is 0 Å². The lowest BCUT2D eigenvalue weighted by Crippen LogP contribution is -2.31. The van der Waals surface area contributed by atoms with Gasteiger partial charge in [-0.3, -0.25) is 0 Å². The summed E-state index contributed by atoms with van der Waals surface area (Å²) in [7, 11) is 0. The quantitative estimate of drug-likeness (QED) is 0.484. The Labute approximate surface area is 194 Å². The fraction of sp³-hybridized carbons (Fsp3) is 0.920. The minimum Gasteiger partial charge on any atom is -0.394 e. The van der Waals surface area contributed by atoms with Crippen molar-refractivity contribution in [3.05, 3.63) is 12.2 Å². The first-order valence-corrected chi connectivity index (χ1v) is 11.1. The van der Waals surface area contributed by atoms with E-state index in [1.807, 2.05) is 41.5 Å². The van der Waals surface area contributed by atoms with Crippen LogP contribution in [0.2, 0.25) is 0 Å². The Kier molecular flexibility index (Phi) is 23.2. The summed E-state index contributed by atoms with van der Waals surface area (Å²) in [5.74, 6) is 0. The van der Waals surface area contributed by atoms with Crippen molar-refractivity contribution in [3.8, 4) is 0 Å². The first-order chi connectivity index (χ1) is 13.5. The summed E-state index contributed by atoms with van der Waals surface area (Å²) in [6.07, 6.45) is -0.765. The standard InChI is InChI=1S/C11H24O2.C7H16O2.C4H8.C3H8O2/c1-9(13-11(5,6)7)8-12-10(2,3)4;1-6(8)5-9-7(2,3)4;1-4(2)3;1-3(5)2-4/h9H,8H2,1-7H3;6,8H,5H2,1-4H3;1H2,2-3H3;3-5H,2H2,1H3. The van der Waals surface area contributed by atoms with Crippen LogP contribution in [0.1, 0.15) is 96.9 Å². The molecule has 0 amide bonds. The lowest BCUT2D eigenvalue weighted by Gasteiger charge is -2.28. The molecule has 0 saturated carbocycles. The van der Waals surface area contributed by atoms with Gasteiger partial charge in [0.25, 0.3) is 0 Å². The number of rotatable bonds is 6. The molecule has 0 spiro atoms. The lowest BCUT2D eigenvalue weighted by atomic mass is 10.2. The van der Waals surface area contributed by atoms with Crippen molar-refractivity contribution >= 4 is 0 Å². The Morgan fingerprint density at radius 1 is 0.710 bits per heavy atom. The van der Waals surface area contributed by atoms with E-state index >= 15 is 0 Å². The minimum absolute atomic E-state index is 0.0739. The van der Waals surface area contributed by atoms with E-state index < -0.39 is 6.10 Å². The van der Waals surface area contributed by atoms with Gasteiger partial charge in [0.1, 0.15) is 0 Å².